The van der Waals surface area contributed by atoms with E-state index in [1.54, 1.807) is 35.1 Å². The maximum Gasteiger partial charge on any atom is 0.123 e. The van der Waals surface area contributed by atoms with Crippen LogP contribution in [-0.2, 0) is 0 Å². The van der Waals surface area contributed by atoms with Crippen LogP contribution in [0.4, 0.5) is 15.8 Å². The quantitative estimate of drug-likeness (QED) is 0.228. The number of para-hydroxylation sites is 1. The summed E-state index contributed by atoms with van der Waals surface area (Å²) >= 11 is 6.60. The van der Waals surface area contributed by atoms with Gasteiger partial charge >= 0.3 is 0 Å². The maximum atomic E-state index is 13.8. The second-order valence-corrected chi connectivity index (χ2v) is 10.9. The fourth-order valence-corrected chi connectivity index (χ4v) is 4.48. The molecule has 0 amide bonds. The third-order valence-corrected chi connectivity index (χ3v) is 6.40. The average Bonchev–Trinajstić information content (AvgIpc) is 3.41. The van der Waals surface area contributed by atoms with Crippen LogP contribution in [0.2, 0.25) is 5.02 Å². The van der Waals surface area contributed by atoms with Gasteiger partial charge in [-0.3, -0.25) is 4.98 Å². The largest absolute Gasteiger partial charge is 0.383 e. The molecule has 9 heteroatoms. The molecule has 5 aromatic rings. The SMILES string of the molecule is CC(C)(C)CNc1c(C#N)cnc2c(N[C@@H](c3ccc(F)cc3)c3cn(-c4ccccc4)nn3)cc(Cl)cc12. The maximum absolute atomic E-state index is 13.8. The minimum Gasteiger partial charge on any atom is -0.383 e. The van der Waals surface area contributed by atoms with Gasteiger partial charge in [-0.1, -0.05) is 67.9 Å². The van der Waals surface area contributed by atoms with Gasteiger partial charge in [-0.25, -0.2) is 9.07 Å². The summed E-state index contributed by atoms with van der Waals surface area (Å²) < 4.78 is 15.5. The van der Waals surface area contributed by atoms with Gasteiger partial charge in [0.25, 0.3) is 0 Å². The Labute approximate surface area is 231 Å². The van der Waals surface area contributed by atoms with Crippen molar-refractivity contribution in [3.05, 3.63) is 107 Å². The van der Waals surface area contributed by atoms with E-state index in [0.29, 0.717) is 39.7 Å². The molecule has 0 unspecified atom stereocenters. The number of pyridine rings is 1. The zero-order chi connectivity index (χ0) is 27.6. The molecule has 39 heavy (non-hydrogen) atoms. The molecule has 1 atom stereocenters. The minimum absolute atomic E-state index is 0.0137. The summed E-state index contributed by atoms with van der Waals surface area (Å²) in [6, 6.07) is 21.2. The van der Waals surface area contributed by atoms with Gasteiger partial charge in [0.1, 0.15) is 17.6 Å². The first-order valence-electron chi connectivity index (χ1n) is 12.5. The molecule has 0 fully saturated rings. The van der Waals surface area contributed by atoms with Crippen molar-refractivity contribution in [2.45, 2.75) is 26.8 Å². The molecule has 2 aromatic heterocycles. The Balaban J connectivity index is 1.61. The van der Waals surface area contributed by atoms with Crippen molar-refractivity contribution in [3.63, 3.8) is 0 Å². The highest BCUT2D eigenvalue weighted by atomic mass is 35.5. The molecule has 7 nitrogen and oxygen atoms in total. The smallest absolute Gasteiger partial charge is 0.123 e. The fourth-order valence-electron chi connectivity index (χ4n) is 4.26. The molecule has 0 bridgehead atoms. The van der Waals surface area contributed by atoms with Crippen LogP contribution in [0.15, 0.2) is 79.1 Å². The van der Waals surface area contributed by atoms with Crippen molar-refractivity contribution in [1.82, 2.24) is 20.0 Å². The average molecular weight is 540 g/mol. The van der Waals surface area contributed by atoms with E-state index >= 15 is 0 Å². The van der Waals surface area contributed by atoms with E-state index in [4.69, 9.17) is 11.6 Å². The number of nitriles is 1. The zero-order valence-corrected chi connectivity index (χ0v) is 22.5. The molecule has 196 valence electrons. The van der Waals surface area contributed by atoms with Crippen LogP contribution in [0.1, 0.15) is 43.6 Å². The third kappa shape index (κ3) is 5.84. The standard InChI is InChI=1S/C30H27ClFN7/c1-30(2,3)18-35-27-20(15-33)16-34-29-24(27)13-21(31)14-25(29)36-28(19-9-11-22(32)12-10-19)26-17-39(38-37-26)23-7-5-4-6-8-23/h4-14,16-17,28,36H,18H2,1-3H3,(H,34,35)/t28-/m0/s1. The lowest BCUT2D eigenvalue weighted by Crippen LogP contribution is -2.20. The molecule has 0 radical (unpaired) electrons. The number of hydrogen-bond donors (Lipinski definition) is 2. The van der Waals surface area contributed by atoms with Crippen molar-refractivity contribution in [2.24, 2.45) is 5.41 Å². The molecule has 0 aliphatic heterocycles. The second-order valence-electron chi connectivity index (χ2n) is 10.5. The van der Waals surface area contributed by atoms with Gasteiger partial charge in [-0.15, -0.1) is 5.10 Å². The number of anilines is 2. The first-order valence-corrected chi connectivity index (χ1v) is 12.9. The number of aromatic nitrogens is 4. The van der Waals surface area contributed by atoms with Crippen LogP contribution >= 0.6 is 11.6 Å². The van der Waals surface area contributed by atoms with Gasteiger partial charge in [0, 0.05) is 23.2 Å². The number of halogens is 2. The third-order valence-electron chi connectivity index (χ3n) is 6.18. The number of nitrogens with zero attached hydrogens (tertiary/aromatic N) is 5. The Hall–Kier alpha value is -4.48. The molecule has 0 spiro atoms. The van der Waals surface area contributed by atoms with Gasteiger partial charge < -0.3 is 10.6 Å². The Kier molecular flexibility index (Phi) is 7.18. The first-order chi connectivity index (χ1) is 18.7. The number of nitrogens with one attached hydrogen (secondary N) is 2. The molecule has 0 saturated heterocycles. The van der Waals surface area contributed by atoms with Crippen LogP contribution in [0.3, 0.4) is 0 Å². The number of benzene rings is 3. The molecule has 0 aliphatic carbocycles. The van der Waals surface area contributed by atoms with E-state index in [-0.39, 0.29) is 11.2 Å². The molecule has 0 aliphatic rings. The van der Waals surface area contributed by atoms with E-state index in [9.17, 15) is 9.65 Å². The van der Waals surface area contributed by atoms with E-state index in [1.807, 2.05) is 36.5 Å². The van der Waals surface area contributed by atoms with Crippen molar-refractivity contribution >= 4 is 33.9 Å². The van der Waals surface area contributed by atoms with Crippen molar-refractivity contribution < 1.29 is 4.39 Å². The van der Waals surface area contributed by atoms with Crippen LogP contribution in [-0.4, -0.2) is 26.5 Å². The summed E-state index contributed by atoms with van der Waals surface area (Å²) in [5.41, 5.74) is 4.64. The summed E-state index contributed by atoms with van der Waals surface area (Å²) in [7, 11) is 0. The fraction of sp³-hybridized carbons (Fsp3) is 0.200. The van der Waals surface area contributed by atoms with Crippen molar-refractivity contribution in [2.75, 3.05) is 17.2 Å². The normalized spacial score (nSPS) is 12.2. The monoisotopic (exact) mass is 539 g/mol. The van der Waals surface area contributed by atoms with E-state index in [0.717, 1.165) is 16.6 Å². The highest BCUT2D eigenvalue weighted by molar-refractivity contribution is 6.32. The summed E-state index contributed by atoms with van der Waals surface area (Å²) in [4.78, 5) is 4.62. The zero-order valence-electron chi connectivity index (χ0n) is 21.8. The summed E-state index contributed by atoms with van der Waals surface area (Å²) in [6.07, 6.45) is 3.39. The summed E-state index contributed by atoms with van der Waals surface area (Å²) in [6.45, 7) is 7.00. The molecule has 0 saturated carbocycles. The summed E-state index contributed by atoms with van der Waals surface area (Å²) in [5, 5.41) is 26.7. The van der Waals surface area contributed by atoms with Gasteiger partial charge in [0.2, 0.25) is 0 Å². The van der Waals surface area contributed by atoms with Crippen LogP contribution in [0.25, 0.3) is 16.6 Å². The van der Waals surface area contributed by atoms with E-state index < -0.39 is 6.04 Å². The lowest BCUT2D eigenvalue weighted by Gasteiger charge is -2.23. The van der Waals surface area contributed by atoms with E-state index in [2.05, 4.69) is 52.8 Å². The van der Waals surface area contributed by atoms with Crippen LogP contribution in [0, 0.1) is 22.6 Å². The molecule has 2 heterocycles. The van der Waals surface area contributed by atoms with Gasteiger partial charge in [-0.2, -0.15) is 5.26 Å². The predicted octanol–water partition coefficient (Wildman–Crippen LogP) is 7.14. The Bertz CT molecular complexity index is 1650. The topological polar surface area (TPSA) is 91.5 Å². The molecular weight excluding hydrogens is 513 g/mol. The van der Waals surface area contributed by atoms with Gasteiger partial charge in [-0.05, 0) is 47.4 Å². The Morgan fingerprint density at radius 1 is 1.08 bits per heavy atom. The molecule has 3 aromatic carbocycles. The Morgan fingerprint density at radius 2 is 1.82 bits per heavy atom. The van der Waals surface area contributed by atoms with Gasteiger partial charge in [0.05, 0.1) is 40.4 Å². The predicted molar refractivity (Wildman–Crippen MR) is 153 cm³/mol. The lowest BCUT2D eigenvalue weighted by atomic mass is 9.96. The molecule has 5 rings (SSSR count). The first kappa shape index (κ1) is 26.1. The number of fused-ring (bicyclic) bond motifs is 1. The number of rotatable bonds is 7. The minimum atomic E-state index is -0.492. The molecule has 2 N–H and O–H groups in total. The van der Waals surface area contributed by atoms with Crippen LogP contribution < -0.4 is 10.6 Å². The highest BCUT2D eigenvalue weighted by Gasteiger charge is 2.22. The summed E-state index contributed by atoms with van der Waals surface area (Å²) in [5.74, 6) is -0.334. The Morgan fingerprint density at radius 3 is 2.51 bits per heavy atom. The van der Waals surface area contributed by atoms with Crippen molar-refractivity contribution in [3.8, 4) is 11.8 Å². The molecular formula is C30H27ClFN7. The van der Waals surface area contributed by atoms with Gasteiger partial charge in [0.15, 0.2) is 0 Å². The van der Waals surface area contributed by atoms with E-state index in [1.165, 1.54) is 12.1 Å². The lowest BCUT2D eigenvalue weighted by molar-refractivity contribution is 0.443. The number of hydrogen-bond acceptors (Lipinski definition) is 6. The van der Waals surface area contributed by atoms with Crippen LogP contribution in [0.5, 0.6) is 0 Å². The highest BCUT2D eigenvalue weighted by Crippen LogP contribution is 2.36. The second kappa shape index (κ2) is 10.7. The van der Waals surface area contributed by atoms with Crippen molar-refractivity contribution in [1.29, 1.82) is 5.26 Å².